The van der Waals surface area contributed by atoms with E-state index in [0.29, 0.717) is 0 Å². The Kier molecular flexibility index (Phi) is 2.48. The summed E-state index contributed by atoms with van der Waals surface area (Å²) in [4.78, 5) is 18.3. The molecule has 2 rings (SSSR count). The summed E-state index contributed by atoms with van der Waals surface area (Å²) in [6, 6.07) is 5.25. The molecule has 1 aliphatic carbocycles. The average molecular weight is 212 g/mol. The molecule has 0 aromatic heterocycles. The van der Waals surface area contributed by atoms with Crippen LogP contribution in [0.4, 0.5) is 0 Å². The van der Waals surface area contributed by atoms with Crippen LogP contribution in [0.15, 0.2) is 18.2 Å². The van der Waals surface area contributed by atoms with Crippen molar-refractivity contribution in [3.63, 3.8) is 0 Å². The SMILES string of the molecule is O=P(O)(O)c1cccc2c1CCCC2. The van der Waals surface area contributed by atoms with E-state index in [1.807, 2.05) is 6.07 Å². The Hall–Kier alpha value is -0.630. The highest BCUT2D eigenvalue weighted by Crippen LogP contribution is 2.37. The van der Waals surface area contributed by atoms with Crippen molar-refractivity contribution in [1.82, 2.24) is 0 Å². The molecule has 14 heavy (non-hydrogen) atoms. The van der Waals surface area contributed by atoms with Crippen LogP contribution in [0.5, 0.6) is 0 Å². The van der Waals surface area contributed by atoms with Gasteiger partial charge in [0.15, 0.2) is 0 Å². The van der Waals surface area contributed by atoms with Gasteiger partial charge in [0.05, 0.1) is 5.30 Å². The van der Waals surface area contributed by atoms with Gasteiger partial charge in [-0.15, -0.1) is 0 Å². The molecule has 2 N–H and O–H groups in total. The van der Waals surface area contributed by atoms with Crippen molar-refractivity contribution >= 4 is 12.9 Å². The molecule has 0 saturated heterocycles. The molecule has 0 atom stereocenters. The molecule has 0 aliphatic heterocycles. The summed E-state index contributed by atoms with van der Waals surface area (Å²) >= 11 is 0. The Morgan fingerprint density at radius 2 is 1.86 bits per heavy atom. The van der Waals surface area contributed by atoms with Crippen LogP contribution in [-0.2, 0) is 17.4 Å². The second kappa shape index (κ2) is 3.50. The van der Waals surface area contributed by atoms with E-state index >= 15 is 0 Å². The predicted octanol–water partition coefficient (Wildman–Crippen LogP) is 1.37. The molecule has 0 radical (unpaired) electrons. The normalized spacial score (nSPS) is 16.4. The third-order valence-electron chi connectivity index (χ3n) is 2.69. The molecule has 1 aromatic carbocycles. The van der Waals surface area contributed by atoms with Gasteiger partial charge in [-0.1, -0.05) is 12.1 Å². The lowest BCUT2D eigenvalue weighted by molar-refractivity contribution is 0.387. The van der Waals surface area contributed by atoms with Crippen LogP contribution in [0.1, 0.15) is 24.0 Å². The van der Waals surface area contributed by atoms with E-state index in [1.165, 1.54) is 0 Å². The van der Waals surface area contributed by atoms with Crippen LogP contribution in [0.25, 0.3) is 0 Å². The van der Waals surface area contributed by atoms with Crippen molar-refractivity contribution in [2.24, 2.45) is 0 Å². The fourth-order valence-electron chi connectivity index (χ4n) is 2.03. The van der Waals surface area contributed by atoms with Gasteiger partial charge in [0.1, 0.15) is 0 Å². The number of hydrogen-bond donors (Lipinski definition) is 2. The van der Waals surface area contributed by atoms with Gasteiger partial charge < -0.3 is 9.79 Å². The van der Waals surface area contributed by atoms with E-state index < -0.39 is 7.60 Å². The summed E-state index contributed by atoms with van der Waals surface area (Å²) in [5.74, 6) is 0. The van der Waals surface area contributed by atoms with Crippen LogP contribution < -0.4 is 5.30 Å². The lowest BCUT2D eigenvalue weighted by Gasteiger charge is -2.19. The molecule has 0 amide bonds. The highest BCUT2D eigenvalue weighted by atomic mass is 31.2. The van der Waals surface area contributed by atoms with Gasteiger partial charge in [0.25, 0.3) is 0 Å². The topological polar surface area (TPSA) is 57.5 Å². The third-order valence-corrected chi connectivity index (χ3v) is 3.73. The predicted molar refractivity (Wildman–Crippen MR) is 54.8 cm³/mol. The zero-order chi connectivity index (χ0) is 10.2. The molecule has 0 unspecified atom stereocenters. The zero-order valence-electron chi connectivity index (χ0n) is 7.81. The van der Waals surface area contributed by atoms with E-state index in [-0.39, 0.29) is 5.30 Å². The number of rotatable bonds is 1. The Morgan fingerprint density at radius 1 is 1.14 bits per heavy atom. The van der Waals surface area contributed by atoms with Gasteiger partial charge in [-0.05, 0) is 42.9 Å². The molecule has 76 valence electrons. The largest absolute Gasteiger partial charge is 0.356 e. The molecular weight excluding hydrogens is 199 g/mol. The summed E-state index contributed by atoms with van der Waals surface area (Å²) in [7, 11) is -4.08. The molecule has 0 heterocycles. The minimum absolute atomic E-state index is 0.231. The van der Waals surface area contributed by atoms with Crippen LogP contribution in [-0.4, -0.2) is 9.79 Å². The standard InChI is InChI=1S/C10H13O3P/c11-14(12,13)10-7-3-5-8-4-1-2-6-9(8)10/h3,5,7H,1-2,4,6H2,(H2,11,12,13). The monoisotopic (exact) mass is 212 g/mol. The molecule has 4 heteroatoms. The van der Waals surface area contributed by atoms with E-state index in [1.54, 1.807) is 12.1 Å². The van der Waals surface area contributed by atoms with Crippen molar-refractivity contribution in [3.8, 4) is 0 Å². The van der Waals surface area contributed by atoms with Crippen molar-refractivity contribution in [1.29, 1.82) is 0 Å². The van der Waals surface area contributed by atoms with Crippen LogP contribution in [0.2, 0.25) is 0 Å². The average Bonchev–Trinajstić information content (AvgIpc) is 2.15. The summed E-state index contributed by atoms with van der Waals surface area (Å²) < 4.78 is 11.2. The molecule has 0 spiro atoms. The summed E-state index contributed by atoms with van der Waals surface area (Å²) in [6.07, 6.45) is 3.90. The first-order valence-electron chi connectivity index (χ1n) is 4.76. The fraction of sp³-hybridized carbons (Fsp3) is 0.400. The highest BCUT2D eigenvalue weighted by Gasteiger charge is 2.24. The van der Waals surface area contributed by atoms with Crippen LogP contribution in [0.3, 0.4) is 0 Å². The molecule has 1 aromatic rings. The molecule has 1 aliphatic rings. The summed E-state index contributed by atoms with van der Waals surface area (Å²) in [5.41, 5.74) is 1.99. The van der Waals surface area contributed by atoms with Gasteiger partial charge >= 0.3 is 7.60 Å². The molecule has 0 bridgehead atoms. The number of aryl methyl sites for hydroxylation is 1. The van der Waals surface area contributed by atoms with E-state index in [9.17, 15) is 4.57 Å². The third kappa shape index (κ3) is 1.76. The Bertz CT molecular complexity index is 394. The number of fused-ring (bicyclic) bond motifs is 1. The van der Waals surface area contributed by atoms with Crippen molar-refractivity contribution in [2.45, 2.75) is 25.7 Å². The van der Waals surface area contributed by atoms with Gasteiger partial charge in [0.2, 0.25) is 0 Å². The summed E-state index contributed by atoms with van der Waals surface area (Å²) in [5, 5.41) is 0.231. The van der Waals surface area contributed by atoms with E-state index in [0.717, 1.165) is 36.8 Å². The van der Waals surface area contributed by atoms with Crippen LogP contribution in [0, 0.1) is 0 Å². The maximum absolute atomic E-state index is 11.2. The molecule has 0 fully saturated rings. The quantitative estimate of drug-likeness (QED) is 0.691. The first-order chi connectivity index (χ1) is 6.59. The molecule has 0 saturated carbocycles. The van der Waals surface area contributed by atoms with Gasteiger partial charge in [0, 0.05) is 0 Å². The molecule has 3 nitrogen and oxygen atoms in total. The van der Waals surface area contributed by atoms with Crippen molar-refractivity contribution in [3.05, 3.63) is 29.3 Å². The lowest BCUT2D eigenvalue weighted by Crippen LogP contribution is -2.16. The Morgan fingerprint density at radius 3 is 2.57 bits per heavy atom. The number of hydrogen-bond acceptors (Lipinski definition) is 1. The maximum atomic E-state index is 11.2. The molecular formula is C10H13O3P. The van der Waals surface area contributed by atoms with Crippen molar-refractivity contribution < 1.29 is 14.4 Å². The zero-order valence-corrected chi connectivity index (χ0v) is 8.70. The highest BCUT2D eigenvalue weighted by molar-refractivity contribution is 7.60. The van der Waals surface area contributed by atoms with E-state index in [4.69, 9.17) is 9.79 Å². The second-order valence-corrected chi connectivity index (χ2v) is 5.24. The Labute approximate surface area is 82.9 Å². The first kappa shape index (κ1) is 9.91. The van der Waals surface area contributed by atoms with E-state index in [2.05, 4.69) is 0 Å². The smallest absolute Gasteiger partial charge is 0.321 e. The second-order valence-electron chi connectivity index (χ2n) is 3.67. The number of benzene rings is 1. The van der Waals surface area contributed by atoms with Gasteiger partial charge in [-0.25, -0.2) is 0 Å². The minimum atomic E-state index is -4.08. The van der Waals surface area contributed by atoms with Gasteiger partial charge in [-0.2, -0.15) is 0 Å². The summed E-state index contributed by atoms with van der Waals surface area (Å²) in [6.45, 7) is 0. The first-order valence-corrected chi connectivity index (χ1v) is 6.37. The lowest BCUT2D eigenvalue weighted by atomic mass is 9.92. The van der Waals surface area contributed by atoms with Gasteiger partial charge in [-0.3, -0.25) is 4.57 Å². The Balaban J connectivity index is 2.56. The van der Waals surface area contributed by atoms with Crippen molar-refractivity contribution in [2.75, 3.05) is 0 Å². The minimum Gasteiger partial charge on any atom is -0.321 e. The fourth-order valence-corrected chi connectivity index (χ4v) is 2.92. The van der Waals surface area contributed by atoms with Crippen LogP contribution >= 0.6 is 7.60 Å². The maximum Gasteiger partial charge on any atom is 0.356 e.